The first-order chi connectivity index (χ1) is 13.6. The molecule has 8 nitrogen and oxygen atoms in total. The van der Waals surface area contributed by atoms with Gasteiger partial charge in [0.2, 0.25) is 5.82 Å². The van der Waals surface area contributed by atoms with Crippen molar-refractivity contribution in [3.05, 3.63) is 70.8 Å². The number of aromatic nitrogens is 3. The molecule has 1 aromatic heterocycles. The Morgan fingerprint density at radius 3 is 2.89 bits per heavy atom. The topological polar surface area (TPSA) is 109 Å². The fraction of sp³-hybridized carbons (Fsp3) is 0.158. The third-order valence-corrected chi connectivity index (χ3v) is 4.41. The lowest BCUT2D eigenvalue weighted by molar-refractivity contribution is -0.118. The second-order valence-electron chi connectivity index (χ2n) is 6.23. The van der Waals surface area contributed by atoms with E-state index in [1.807, 2.05) is 30.3 Å². The smallest absolute Gasteiger partial charge is 0.291 e. The van der Waals surface area contributed by atoms with Crippen LogP contribution in [0.1, 0.15) is 22.0 Å². The number of rotatable bonds is 4. The van der Waals surface area contributed by atoms with Gasteiger partial charge in [-0.3, -0.25) is 14.7 Å². The van der Waals surface area contributed by atoms with Crippen molar-refractivity contribution in [1.29, 1.82) is 0 Å². The Bertz CT molecular complexity index is 1020. The van der Waals surface area contributed by atoms with Crippen molar-refractivity contribution in [1.82, 2.24) is 20.5 Å². The summed E-state index contributed by atoms with van der Waals surface area (Å²) in [4.78, 5) is 29.0. The van der Waals surface area contributed by atoms with E-state index in [1.165, 1.54) is 0 Å². The Morgan fingerprint density at radius 2 is 2.07 bits per heavy atom. The van der Waals surface area contributed by atoms with E-state index in [0.717, 1.165) is 5.56 Å². The summed E-state index contributed by atoms with van der Waals surface area (Å²) in [5.74, 6) is 0.00177. The summed E-state index contributed by atoms with van der Waals surface area (Å²) >= 11 is 5.94. The van der Waals surface area contributed by atoms with Crippen LogP contribution in [0.4, 0.5) is 5.69 Å². The molecule has 2 heterocycles. The number of aromatic amines is 1. The minimum Gasteiger partial charge on any atom is -0.489 e. The average molecular weight is 398 g/mol. The largest absolute Gasteiger partial charge is 0.489 e. The molecule has 2 amide bonds. The predicted molar refractivity (Wildman–Crippen MR) is 102 cm³/mol. The second kappa shape index (κ2) is 7.69. The molecule has 0 aliphatic carbocycles. The van der Waals surface area contributed by atoms with Crippen molar-refractivity contribution < 1.29 is 14.3 Å². The van der Waals surface area contributed by atoms with Crippen LogP contribution in [0.2, 0.25) is 5.02 Å². The number of halogens is 1. The number of benzene rings is 2. The molecule has 0 saturated heterocycles. The van der Waals surface area contributed by atoms with E-state index in [4.69, 9.17) is 16.3 Å². The zero-order valence-corrected chi connectivity index (χ0v) is 15.4. The molecule has 2 aromatic carbocycles. The van der Waals surface area contributed by atoms with E-state index < -0.39 is 17.9 Å². The fourth-order valence-corrected chi connectivity index (χ4v) is 2.94. The number of anilines is 1. The third kappa shape index (κ3) is 3.96. The van der Waals surface area contributed by atoms with Gasteiger partial charge < -0.3 is 15.4 Å². The second-order valence-corrected chi connectivity index (χ2v) is 6.67. The van der Waals surface area contributed by atoms with Gasteiger partial charge in [-0.15, -0.1) is 5.10 Å². The molecule has 3 N–H and O–H groups in total. The standard InChI is InChI=1S/C19H16ClN5O3/c20-12-6-7-13-15(9-12)28-10-14(18(26)21-13)22-19(27)17-23-16(24-25-17)8-11-4-2-1-3-5-11/h1-7,9,14H,8,10H2,(H,21,26)(H,22,27)(H,23,24,25). The van der Waals surface area contributed by atoms with Gasteiger partial charge in [0.25, 0.3) is 11.8 Å². The molecule has 28 heavy (non-hydrogen) atoms. The van der Waals surface area contributed by atoms with Gasteiger partial charge >= 0.3 is 0 Å². The third-order valence-electron chi connectivity index (χ3n) is 4.18. The molecule has 0 fully saturated rings. The van der Waals surface area contributed by atoms with Crippen LogP contribution >= 0.6 is 11.6 Å². The minimum atomic E-state index is -0.894. The summed E-state index contributed by atoms with van der Waals surface area (Å²) in [6, 6.07) is 13.7. The molecule has 1 aliphatic heterocycles. The van der Waals surface area contributed by atoms with Gasteiger partial charge in [0, 0.05) is 17.5 Å². The number of H-pyrrole nitrogens is 1. The Balaban J connectivity index is 1.42. The van der Waals surface area contributed by atoms with Crippen molar-refractivity contribution >= 4 is 29.1 Å². The zero-order valence-electron chi connectivity index (χ0n) is 14.6. The highest BCUT2D eigenvalue weighted by Crippen LogP contribution is 2.30. The SMILES string of the molecule is O=C(NC1COc2cc(Cl)ccc2NC1=O)c1n[nH]c(Cc2ccccc2)n1. The molecule has 0 radical (unpaired) electrons. The molecule has 4 rings (SSSR count). The van der Waals surface area contributed by atoms with E-state index in [-0.39, 0.29) is 12.4 Å². The number of fused-ring (bicyclic) bond motifs is 1. The molecule has 1 unspecified atom stereocenters. The number of nitrogens with one attached hydrogen (secondary N) is 3. The molecule has 0 bridgehead atoms. The van der Waals surface area contributed by atoms with Crippen molar-refractivity contribution in [3.63, 3.8) is 0 Å². The van der Waals surface area contributed by atoms with E-state index in [2.05, 4.69) is 25.8 Å². The molecular formula is C19H16ClN5O3. The number of hydrogen-bond acceptors (Lipinski definition) is 5. The first kappa shape index (κ1) is 18.0. The van der Waals surface area contributed by atoms with Crippen molar-refractivity contribution in [2.45, 2.75) is 12.5 Å². The number of ether oxygens (including phenoxy) is 1. The number of hydrogen-bond donors (Lipinski definition) is 3. The summed E-state index contributed by atoms with van der Waals surface area (Å²) in [6.07, 6.45) is 0.518. The predicted octanol–water partition coefficient (Wildman–Crippen LogP) is 2.18. The van der Waals surface area contributed by atoms with Gasteiger partial charge in [-0.2, -0.15) is 0 Å². The number of carbonyl (C=O) groups is 2. The van der Waals surface area contributed by atoms with Crippen LogP contribution in [0.25, 0.3) is 0 Å². The van der Waals surface area contributed by atoms with Gasteiger partial charge in [-0.25, -0.2) is 4.98 Å². The Kier molecular flexibility index (Phi) is 4.94. The van der Waals surface area contributed by atoms with E-state index in [0.29, 0.717) is 28.7 Å². The van der Waals surface area contributed by atoms with Gasteiger partial charge in [0.1, 0.15) is 24.2 Å². The van der Waals surface area contributed by atoms with E-state index >= 15 is 0 Å². The summed E-state index contributed by atoms with van der Waals surface area (Å²) in [7, 11) is 0. The maximum absolute atomic E-state index is 12.5. The minimum absolute atomic E-state index is 0.0355. The van der Waals surface area contributed by atoms with Gasteiger partial charge in [-0.1, -0.05) is 41.9 Å². The quantitative estimate of drug-likeness (QED) is 0.625. The van der Waals surface area contributed by atoms with Crippen LogP contribution < -0.4 is 15.4 Å². The summed E-state index contributed by atoms with van der Waals surface area (Å²) < 4.78 is 5.60. The lowest BCUT2D eigenvalue weighted by atomic mass is 10.1. The highest BCUT2D eigenvalue weighted by molar-refractivity contribution is 6.30. The lowest BCUT2D eigenvalue weighted by Crippen LogP contribution is -2.46. The maximum Gasteiger partial charge on any atom is 0.291 e. The fourth-order valence-electron chi connectivity index (χ4n) is 2.78. The monoisotopic (exact) mass is 397 g/mol. The van der Waals surface area contributed by atoms with Crippen molar-refractivity contribution in [2.75, 3.05) is 11.9 Å². The van der Waals surface area contributed by atoms with Gasteiger partial charge in [-0.05, 0) is 17.7 Å². The van der Waals surface area contributed by atoms with Gasteiger partial charge in [0.15, 0.2) is 0 Å². The van der Waals surface area contributed by atoms with Crippen molar-refractivity contribution in [3.8, 4) is 5.75 Å². The van der Waals surface area contributed by atoms with Crippen LogP contribution in [-0.2, 0) is 11.2 Å². The van der Waals surface area contributed by atoms with E-state index in [1.54, 1.807) is 18.2 Å². The lowest BCUT2D eigenvalue weighted by Gasteiger charge is -2.13. The molecule has 1 atom stereocenters. The van der Waals surface area contributed by atoms with Crippen LogP contribution in [0.15, 0.2) is 48.5 Å². The summed E-state index contributed by atoms with van der Waals surface area (Å²) in [5.41, 5.74) is 1.53. The maximum atomic E-state index is 12.5. The highest BCUT2D eigenvalue weighted by atomic mass is 35.5. The molecule has 142 valence electrons. The Labute approximate surface area is 165 Å². The van der Waals surface area contributed by atoms with Crippen molar-refractivity contribution in [2.24, 2.45) is 0 Å². The van der Waals surface area contributed by atoms with E-state index in [9.17, 15) is 9.59 Å². The molecule has 3 aromatic rings. The van der Waals surface area contributed by atoms with Crippen LogP contribution in [-0.4, -0.2) is 39.6 Å². The summed E-state index contributed by atoms with van der Waals surface area (Å²) in [5, 5.41) is 12.5. The molecule has 9 heteroatoms. The number of amides is 2. The van der Waals surface area contributed by atoms with Crippen LogP contribution in [0.3, 0.4) is 0 Å². The number of nitrogens with zero attached hydrogens (tertiary/aromatic N) is 2. The average Bonchev–Trinajstić information content (AvgIpc) is 3.10. The molecule has 1 aliphatic rings. The molecule has 0 spiro atoms. The highest BCUT2D eigenvalue weighted by Gasteiger charge is 2.28. The first-order valence-electron chi connectivity index (χ1n) is 8.58. The number of carbonyl (C=O) groups excluding carboxylic acids is 2. The Hall–Kier alpha value is -3.39. The van der Waals surface area contributed by atoms with Gasteiger partial charge in [0.05, 0.1) is 5.69 Å². The molecule has 0 saturated carbocycles. The Morgan fingerprint density at radius 1 is 1.25 bits per heavy atom. The first-order valence-corrected chi connectivity index (χ1v) is 8.95. The summed E-state index contributed by atoms with van der Waals surface area (Å²) in [6.45, 7) is -0.0355. The normalized spacial score (nSPS) is 15.8. The van der Waals surface area contributed by atoms with Crippen LogP contribution in [0, 0.1) is 0 Å². The zero-order chi connectivity index (χ0) is 19.5. The van der Waals surface area contributed by atoms with Crippen LogP contribution in [0.5, 0.6) is 5.75 Å². The molecular weight excluding hydrogens is 382 g/mol.